The Morgan fingerprint density at radius 3 is 2.28 bits per heavy atom. The third kappa shape index (κ3) is 4.40. The van der Waals surface area contributed by atoms with Gasteiger partial charge in [0.25, 0.3) is 0 Å². The van der Waals surface area contributed by atoms with Gasteiger partial charge in [-0.25, -0.2) is 0 Å². The Labute approximate surface area is 104 Å². The third-order valence-electron chi connectivity index (χ3n) is 2.30. The first-order valence-electron chi connectivity index (χ1n) is 5.31. The number of amides is 1. The Morgan fingerprint density at radius 1 is 1.22 bits per heavy atom. The summed E-state index contributed by atoms with van der Waals surface area (Å²) in [6.07, 6.45) is 0.116. The Balaban J connectivity index is 2.42. The van der Waals surface area contributed by atoms with Crippen molar-refractivity contribution in [1.82, 2.24) is 0 Å². The smallest absolute Gasteiger partial charge is 0.320 e. The van der Waals surface area contributed by atoms with Gasteiger partial charge in [-0.05, 0) is 30.7 Å². The van der Waals surface area contributed by atoms with Crippen LogP contribution in [0.1, 0.15) is 12.8 Å². The number of hydrogen-bond donors (Lipinski definition) is 5. The minimum atomic E-state index is -1.12. The van der Waals surface area contributed by atoms with Gasteiger partial charge in [-0.1, -0.05) is 0 Å². The maximum Gasteiger partial charge on any atom is 0.320 e. The van der Waals surface area contributed by atoms with Gasteiger partial charge in [-0.2, -0.15) is 0 Å². The number of aliphatic carboxylic acids is 1. The summed E-state index contributed by atoms with van der Waals surface area (Å²) in [5.74, 6) is -1.43. The summed E-state index contributed by atoms with van der Waals surface area (Å²) >= 11 is 0. The fourth-order valence-electron chi connectivity index (χ4n) is 1.26. The van der Waals surface area contributed by atoms with Gasteiger partial charge < -0.3 is 16.2 Å². The molecule has 0 aliphatic heterocycles. The Bertz CT molecular complexity index is 419. The molecule has 0 radical (unpaired) electrons. The Kier molecular flexibility index (Phi) is 5.09. The molecular weight excluding hydrogens is 238 g/mol. The number of nitrogens with two attached hydrogens (primary N) is 1. The van der Waals surface area contributed by atoms with Crippen LogP contribution in [0.2, 0.25) is 0 Å². The molecule has 1 atom stereocenters. The minimum Gasteiger partial charge on any atom is -0.480 e. The fraction of sp³-hybridized carbons (Fsp3) is 0.273. The lowest BCUT2D eigenvalue weighted by Crippen LogP contribution is -2.31. The van der Waals surface area contributed by atoms with Crippen molar-refractivity contribution < 1.29 is 19.9 Å². The van der Waals surface area contributed by atoms with Gasteiger partial charge in [0.15, 0.2) is 0 Å². The molecule has 0 spiro atoms. The van der Waals surface area contributed by atoms with Crippen molar-refractivity contribution >= 4 is 23.3 Å². The second-order valence-corrected chi connectivity index (χ2v) is 3.72. The molecule has 0 unspecified atom stereocenters. The maximum absolute atomic E-state index is 11.5. The van der Waals surface area contributed by atoms with Crippen LogP contribution in [0, 0.1) is 0 Å². The number of carboxylic acids is 1. The van der Waals surface area contributed by atoms with Crippen LogP contribution in [0.4, 0.5) is 11.4 Å². The highest BCUT2D eigenvalue weighted by Gasteiger charge is 2.13. The minimum absolute atomic E-state index is 0.0352. The van der Waals surface area contributed by atoms with Crippen LogP contribution in [-0.4, -0.2) is 28.2 Å². The highest BCUT2D eigenvalue weighted by Crippen LogP contribution is 2.13. The predicted molar refractivity (Wildman–Crippen MR) is 65.3 cm³/mol. The van der Waals surface area contributed by atoms with E-state index in [-0.39, 0.29) is 18.7 Å². The van der Waals surface area contributed by atoms with E-state index in [0.29, 0.717) is 11.4 Å². The van der Waals surface area contributed by atoms with E-state index in [9.17, 15) is 9.59 Å². The molecular formula is C11H15N3O4. The molecule has 0 aromatic heterocycles. The Morgan fingerprint density at radius 2 is 1.78 bits per heavy atom. The molecule has 0 aliphatic carbocycles. The molecule has 0 saturated carbocycles. The van der Waals surface area contributed by atoms with Crippen LogP contribution in [0.25, 0.3) is 0 Å². The van der Waals surface area contributed by atoms with E-state index in [1.54, 1.807) is 24.3 Å². The van der Waals surface area contributed by atoms with Crippen LogP contribution in [-0.2, 0) is 9.59 Å². The summed E-state index contributed by atoms with van der Waals surface area (Å²) in [6, 6.07) is 5.34. The molecule has 98 valence electrons. The molecule has 1 aromatic carbocycles. The molecule has 7 nitrogen and oxygen atoms in total. The lowest BCUT2D eigenvalue weighted by molar-refractivity contribution is -0.138. The van der Waals surface area contributed by atoms with Gasteiger partial charge >= 0.3 is 5.97 Å². The van der Waals surface area contributed by atoms with Crippen molar-refractivity contribution in [2.24, 2.45) is 5.73 Å². The van der Waals surface area contributed by atoms with Crippen LogP contribution in [0.5, 0.6) is 0 Å². The van der Waals surface area contributed by atoms with Crippen molar-refractivity contribution in [2.45, 2.75) is 18.9 Å². The number of rotatable bonds is 6. The molecule has 6 N–H and O–H groups in total. The van der Waals surface area contributed by atoms with Crippen LogP contribution in [0.3, 0.4) is 0 Å². The third-order valence-corrected chi connectivity index (χ3v) is 2.30. The fourth-order valence-corrected chi connectivity index (χ4v) is 1.26. The van der Waals surface area contributed by atoms with Crippen LogP contribution < -0.4 is 16.5 Å². The van der Waals surface area contributed by atoms with E-state index in [2.05, 4.69) is 5.32 Å². The molecule has 18 heavy (non-hydrogen) atoms. The van der Waals surface area contributed by atoms with E-state index in [1.165, 1.54) is 0 Å². The van der Waals surface area contributed by atoms with Crippen LogP contribution >= 0.6 is 0 Å². The largest absolute Gasteiger partial charge is 0.480 e. The normalized spacial score (nSPS) is 11.7. The zero-order valence-corrected chi connectivity index (χ0v) is 9.59. The second kappa shape index (κ2) is 6.58. The highest BCUT2D eigenvalue weighted by molar-refractivity contribution is 5.91. The van der Waals surface area contributed by atoms with Crippen molar-refractivity contribution in [3.8, 4) is 0 Å². The maximum atomic E-state index is 11.5. The summed E-state index contributed by atoms with van der Waals surface area (Å²) in [7, 11) is 0. The van der Waals surface area contributed by atoms with Gasteiger partial charge in [-0.3, -0.25) is 20.3 Å². The van der Waals surface area contributed by atoms with Gasteiger partial charge in [0.05, 0.1) is 5.69 Å². The zero-order chi connectivity index (χ0) is 13.5. The summed E-state index contributed by atoms with van der Waals surface area (Å²) in [6.45, 7) is 0. The number of hydrogen-bond acceptors (Lipinski definition) is 5. The van der Waals surface area contributed by atoms with Crippen molar-refractivity contribution in [2.75, 3.05) is 10.8 Å². The molecule has 7 heteroatoms. The average Bonchev–Trinajstić information content (AvgIpc) is 2.36. The predicted octanol–water partition coefficient (Wildman–Crippen LogP) is 0.618. The summed E-state index contributed by atoms with van der Waals surface area (Å²) in [5, 5.41) is 19.7. The number of carboxylic acid groups (broad SMARTS) is 1. The van der Waals surface area contributed by atoms with E-state index in [1.807, 2.05) is 5.48 Å². The topological polar surface area (TPSA) is 125 Å². The molecule has 1 aromatic rings. The van der Waals surface area contributed by atoms with Gasteiger partial charge in [0.2, 0.25) is 5.91 Å². The number of benzene rings is 1. The quantitative estimate of drug-likeness (QED) is 0.473. The van der Waals surface area contributed by atoms with Crippen molar-refractivity contribution in [3.05, 3.63) is 24.3 Å². The number of carbonyl (C=O) groups excluding carboxylic acids is 1. The monoisotopic (exact) mass is 253 g/mol. The van der Waals surface area contributed by atoms with E-state index >= 15 is 0 Å². The molecule has 1 amide bonds. The van der Waals surface area contributed by atoms with Gasteiger partial charge in [0.1, 0.15) is 6.04 Å². The average molecular weight is 253 g/mol. The lowest BCUT2D eigenvalue weighted by atomic mass is 10.1. The molecule has 0 saturated heterocycles. The number of carbonyl (C=O) groups is 2. The molecule has 1 rings (SSSR count). The first-order valence-corrected chi connectivity index (χ1v) is 5.31. The van der Waals surface area contributed by atoms with E-state index < -0.39 is 12.0 Å². The van der Waals surface area contributed by atoms with E-state index in [4.69, 9.17) is 16.0 Å². The summed E-state index contributed by atoms with van der Waals surface area (Å²) < 4.78 is 0. The molecule has 0 aliphatic rings. The first kappa shape index (κ1) is 13.9. The lowest BCUT2D eigenvalue weighted by Gasteiger charge is -2.08. The van der Waals surface area contributed by atoms with Gasteiger partial charge in [0, 0.05) is 12.1 Å². The SMILES string of the molecule is N[C@@H](CCC(=O)Nc1ccc(NO)cc1)C(=O)O. The Hall–Kier alpha value is -2.12. The van der Waals surface area contributed by atoms with E-state index in [0.717, 1.165) is 0 Å². The molecule has 0 heterocycles. The zero-order valence-electron chi connectivity index (χ0n) is 9.59. The first-order chi connectivity index (χ1) is 8.52. The van der Waals surface area contributed by atoms with Crippen molar-refractivity contribution in [1.29, 1.82) is 0 Å². The van der Waals surface area contributed by atoms with Crippen molar-refractivity contribution in [3.63, 3.8) is 0 Å². The number of anilines is 2. The summed E-state index contributed by atoms with van der Waals surface area (Å²) in [4.78, 5) is 21.9. The second-order valence-electron chi connectivity index (χ2n) is 3.72. The molecule has 0 fully saturated rings. The highest BCUT2D eigenvalue weighted by atomic mass is 16.5. The molecule has 0 bridgehead atoms. The standard InChI is InChI=1S/C11H15N3O4/c12-9(11(16)17)5-6-10(15)13-7-1-3-8(14-18)4-2-7/h1-4,9,14,18H,5-6,12H2,(H,13,15)(H,16,17)/t9-/m0/s1. The van der Waals surface area contributed by atoms with Crippen LogP contribution in [0.15, 0.2) is 24.3 Å². The number of nitrogens with one attached hydrogen (secondary N) is 2. The van der Waals surface area contributed by atoms with Gasteiger partial charge in [-0.15, -0.1) is 0 Å². The summed E-state index contributed by atoms with van der Waals surface area (Å²) in [5.41, 5.74) is 8.31.